The van der Waals surface area contributed by atoms with Crippen molar-refractivity contribution in [1.29, 1.82) is 5.26 Å². The van der Waals surface area contributed by atoms with Gasteiger partial charge in [0.1, 0.15) is 21.6 Å². The van der Waals surface area contributed by atoms with Crippen molar-refractivity contribution in [2.75, 3.05) is 11.5 Å². The number of carbonyl (C=O) groups excluding carboxylic acids is 1. The predicted molar refractivity (Wildman–Crippen MR) is 97.2 cm³/mol. The van der Waals surface area contributed by atoms with Gasteiger partial charge in [-0.2, -0.15) is 5.26 Å². The molecule has 0 fully saturated rings. The second-order valence-electron chi connectivity index (χ2n) is 5.81. The van der Waals surface area contributed by atoms with E-state index in [1.165, 1.54) is 11.3 Å². The third-order valence-corrected chi connectivity index (χ3v) is 5.28. The Hall–Kier alpha value is -2.91. The van der Waals surface area contributed by atoms with Gasteiger partial charge in [-0.1, -0.05) is 6.07 Å². The van der Waals surface area contributed by atoms with E-state index in [1.54, 1.807) is 6.07 Å². The Morgan fingerprint density at radius 1 is 1.12 bits per heavy atom. The number of hydrogen-bond donors (Lipinski definition) is 2. The van der Waals surface area contributed by atoms with E-state index in [4.69, 9.17) is 16.7 Å². The minimum atomic E-state index is -0.131. The molecule has 5 nitrogen and oxygen atoms in total. The van der Waals surface area contributed by atoms with Crippen molar-refractivity contribution in [2.45, 2.75) is 20.8 Å². The zero-order valence-electron chi connectivity index (χ0n) is 13.6. The quantitative estimate of drug-likeness (QED) is 0.697. The molecular formula is C18H16N4OS. The van der Waals surface area contributed by atoms with Crippen LogP contribution >= 0.6 is 11.3 Å². The van der Waals surface area contributed by atoms with E-state index < -0.39 is 0 Å². The minimum Gasteiger partial charge on any atom is -0.397 e. The van der Waals surface area contributed by atoms with Crippen LogP contribution in [0.3, 0.4) is 0 Å². The van der Waals surface area contributed by atoms with Crippen molar-refractivity contribution < 1.29 is 4.79 Å². The first-order valence-corrected chi connectivity index (χ1v) is 8.16. The summed E-state index contributed by atoms with van der Waals surface area (Å²) >= 11 is 1.20. The van der Waals surface area contributed by atoms with E-state index in [2.05, 4.69) is 4.98 Å². The van der Waals surface area contributed by atoms with E-state index in [0.717, 1.165) is 16.7 Å². The average Bonchev–Trinajstić information content (AvgIpc) is 2.85. The summed E-state index contributed by atoms with van der Waals surface area (Å²) in [6.07, 6.45) is 0. The number of hydrogen-bond acceptors (Lipinski definition) is 6. The van der Waals surface area contributed by atoms with Crippen LogP contribution in [0.1, 0.15) is 37.5 Å². The van der Waals surface area contributed by atoms with Gasteiger partial charge in [0.15, 0.2) is 0 Å². The van der Waals surface area contributed by atoms with Crippen LogP contribution in [-0.4, -0.2) is 10.8 Å². The second kappa shape index (κ2) is 5.62. The van der Waals surface area contributed by atoms with Gasteiger partial charge in [-0.25, -0.2) is 4.98 Å². The second-order valence-corrected chi connectivity index (χ2v) is 6.81. The van der Waals surface area contributed by atoms with Gasteiger partial charge < -0.3 is 11.5 Å². The van der Waals surface area contributed by atoms with Crippen LogP contribution in [0.4, 0.5) is 11.5 Å². The molecule has 0 saturated carbocycles. The number of nitriles is 1. The van der Waals surface area contributed by atoms with Gasteiger partial charge in [0.25, 0.3) is 0 Å². The SMILES string of the molecule is Cc1cc(C)c(C(=O)c2sc3nc(N)c(C#N)cc3c2N)cc1C. The molecule has 1 aromatic carbocycles. The molecule has 24 heavy (non-hydrogen) atoms. The first-order chi connectivity index (χ1) is 11.3. The van der Waals surface area contributed by atoms with Crippen molar-refractivity contribution >= 4 is 38.8 Å². The highest BCUT2D eigenvalue weighted by Crippen LogP contribution is 2.36. The van der Waals surface area contributed by atoms with Gasteiger partial charge >= 0.3 is 0 Å². The Labute approximate surface area is 143 Å². The lowest BCUT2D eigenvalue weighted by Crippen LogP contribution is -2.05. The van der Waals surface area contributed by atoms with Crippen LogP contribution in [-0.2, 0) is 0 Å². The van der Waals surface area contributed by atoms with Gasteiger partial charge in [-0.05, 0) is 49.6 Å². The largest absolute Gasteiger partial charge is 0.397 e. The van der Waals surface area contributed by atoms with Crippen molar-refractivity contribution in [3.05, 3.63) is 50.9 Å². The molecule has 3 aromatic rings. The van der Waals surface area contributed by atoms with E-state index in [-0.39, 0.29) is 17.2 Å². The lowest BCUT2D eigenvalue weighted by atomic mass is 9.97. The highest BCUT2D eigenvalue weighted by molar-refractivity contribution is 7.21. The molecule has 0 unspecified atom stereocenters. The molecular weight excluding hydrogens is 320 g/mol. The molecule has 2 heterocycles. The smallest absolute Gasteiger partial charge is 0.205 e. The van der Waals surface area contributed by atoms with E-state index in [9.17, 15) is 4.79 Å². The summed E-state index contributed by atoms with van der Waals surface area (Å²) in [6.45, 7) is 5.90. The standard InChI is InChI=1S/C18H16N4OS/c1-8-4-10(3)12(5-9(8)2)15(23)16-14(20)13-6-11(7-19)17(21)22-18(13)24-16/h4-6H,20H2,1-3H3,(H2,21,22). The number of aryl methyl sites for hydroxylation is 3. The van der Waals surface area contributed by atoms with E-state index >= 15 is 0 Å². The molecule has 6 heteroatoms. The van der Waals surface area contributed by atoms with Crippen molar-refractivity contribution in [2.24, 2.45) is 0 Å². The Morgan fingerprint density at radius 3 is 2.46 bits per heavy atom. The van der Waals surface area contributed by atoms with Crippen LogP contribution in [0.15, 0.2) is 18.2 Å². The van der Waals surface area contributed by atoms with Gasteiger partial charge in [0.05, 0.1) is 11.3 Å². The number of nitrogens with two attached hydrogens (primary N) is 2. The predicted octanol–water partition coefficient (Wildman–Crippen LogP) is 3.49. The Bertz CT molecular complexity index is 1040. The van der Waals surface area contributed by atoms with E-state index in [1.807, 2.05) is 39.0 Å². The molecule has 0 amide bonds. The van der Waals surface area contributed by atoms with Gasteiger partial charge in [-0.15, -0.1) is 11.3 Å². The summed E-state index contributed by atoms with van der Waals surface area (Å²) in [7, 11) is 0. The fraction of sp³-hybridized carbons (Fsp3) is 0.167. The Balaban J connectivity index is 2.20. The number of nitrogens with zero attached hydrogens (tertiary/aromatic N) is 2. The molecule has 0 atom stereocenters. The number of fused-ring (bicyclic) bond motifs is 1. The molecule has 4 N–H and O–H groups in total. The summed E-state index contributed by atoms with van der Waals surface area (Å²) in [4.78, 5) is 18.2. The lowest BCUT2D eigenvalue weighted by Gasteiger charge is -2.08. The number of nitrogen functional groups attached to an aromatic ring is 2. The Morgan fingerprint density at radius 2 is 1.79 bits per heavy atom. The topological polar surface area (TPSA) is 106 Å². The first-order valence-electron chi connectivity index (χ1n) is 7.34. The molecule has 0 aliphatic carbocycles. The number of carbonyl (C=O) groups is 1. The third kappa shape index (κ3) is 2.39. The van der Waals surface area contributed by atoms with Gasteiger partial charge in [0, 0.05) is 10.9 Å². The zero-order valence-corrected chi connectivity index (χ0v) is 14.4. The lowest BCUT2D eigenvalue weighted by molar-refractivity contribution is 0.104. The number of ketones is 1. The third-order valence-electron chi connectivity index (χ3n) is 4.16. The normalized spacial score (nSPS) is 10.8. The number of pyridine rings is 1. The van der Waals surface area contributed by atoms with Crippen molar-refractivity contribution in [3.63, 3.8) is 0 Å². The number of rotatable bonds is 2. The summed E-state index contributed by atoms with van der Waals surface area (Å²) in [5, 5.41) is 9.67. The molecule has 0 saturated heterocycles. The van der Waals surface area contributed by atoms with Crippen LogP contribution in [0, 0.1) is 32.1 Å². The molecule has 0 spiro atoms. The van der Waals surface area contributed by atoms with Crippen molar-refractivity contribution in [3.8, 4) is 6.07 Å². The monoisotopic (exact) mass is 336 g/mol. The van der Waals surface area contributed by atoms with Gasteiger partial charge in [0.2, 0.25) is 5.78 Å². The number of thiophene rings is 1. The first kappa shape index (κ1) is 16.0. The summed E-state index contributed by atoms with van der Waals surface area (Å²) in [6, 6.07) is 7.46. The highest BCUT2D eigenvalue weighted by atomic mass is 32.1. The van der Waals surface area contributed by atoms with Crippen LogP contribution in [0.2, 0.25) is 0 Å². The zero-order chi connectivity index (χ0) is 17.6. The summed E-state index contributed by atoms with van der Waals surface area (Å²) in [5.74, 6) is 0.0146. The number of aromatic nitrogens is 1. The molecule has 120 valence electrons. The average molecular weight is 336 g/mol. The molecule has 0 aliphatic rings. The Kier molecular flexibility index (Phi) is 3.74. The molecule has 0 bridgehead atoms. The molecule has 2 aromatic heterocycles. The fourth-order valence-electron chi connectivity index (χ4n) is 2.64. The number of benzene rings is 1. The molecule has 0 aliphatic heterocycles. The molecule has 0 radical (unpaired) electrons. The summed E-state index contributed by atoms with van der Waals surface area (Å²) < 4.78 is 0. The number of anilines is 2. The van der Waals surface area contributed by atoms with E-state index in [0.29, 0.717) is 26.3 Å². The summed E-state index contributed by atoms with van der Waals surface area (Å²) in [5.41, 5.74) is 16.3. The van der Waals surface area contributed by atoms with Crippen LogP contribution in [0.5, 0.6) is 0 Å². The van der Waals surface area contributed by atoms with Gasteiger partial charge in [-0.3, -0.25) is 4.79 Å². The highest BCUT2D eigenvalue weighted by Gasteiger charge is 2.21. The van der Waals surface area contributed by atoms with Crippen molar-refractivity contribution in [1.82, 2.24) is 4.98 Å². The maximum atomic E-state index is 13.0. The molecule has 3 rings (SSSR count). The van der Waals surface area contributed by atoms with Crippen LogP contribution in [0.25, 0.3) is 10.2 Å². The minimum absolute atomic E-state index is 0.131. The maximum Gasteiger partial charge on any atom is 0.205 e. The maximum absolute atomic E-state index is 13.0. The van der Waals surface area contributed by atoms with Crippen LogP contribution < -0.4 is 11.5 Å². The fourth-order valence-corrected chi connectivity index (χ4v) is 3.68.